The molecule has 0 aliphatic rings. The van der Waals surface area contributed by atoms with Crippen molar-refractivity contribution in [2.75, 3.05) is 5.32 Å². The van der Waals surface area contributed by atoms with E-state index in [0.29, 0.717) is 28.7 Å². The van der Waals surface area contributed by atoms with Crippen molar-refractivity contribution in [3.63, 3.8) is 0 Å². The third kappa shape index (κ3) is 3.76. The molecule has 0 aromatic carbocycles. The van der Waals surface area contributed by atoms with E-state index in [-0.39, 0.29) is 11.8 Å². The maximum Gasteiger partial charge on any atom is 0.226 e. The first-order valence-electron chi connectivity index (χ1n) is 11.4. The molecule has 6 heterocycles. The van der Waals surface area contributed by atoms with Crippen molar-refractivity contribution in [3.05, 3.63) is 61.2 Å². The van der Waals surface area contributed by atoms with Crippen LogP contribution in [0.5, 0.6) is 0 Å². The molecule has 178 valence electrons. The molecule has 3 N–H and O–H groups in total. The lowest BCUT2D eigenvalue weighted by atomic mass is 10.1. The standard InChI is InChI=1S/C25H22N10O/c1-13(2)25(36)30-17-6-15(8-26-10-17)16-7-18-20(33-34-22(18)28-9-16)23-31-19-4-5-27-24(21(19)32-23)35-11-14(3)29-12-35/h4-13H,1-3H3,(H,30,36)(H,31,32)(H,28,33,34). The summed E-state index contributed by atoms with van der Waals surface area (Å²) in [5.41, 5.74) is 6.02. The summed E-state index contributed by atoms with van der Waals surface area (Å²) >= 11 is 0. The minimum atomic E-state index is -0.127. The zero-order valence-electron chi connectivity index (χ0n) is 19.8. The van der Waals surface area contributed by atoms with Gasteiger partial charge in [0.25, 0.3) is 0 Å². The molecule has 6 rings (SSSR count). The van der Waals surface area contributed by atoms with Crippen LogP contribution in [0.2, 0.25) is 0 Å². The van der Waals surface area contributed by atoms with Gasteiger partial charge >= 0.3 is 0 Å². The number of fused-ring (bicyclic) bond motifs is 2. The Morgan fingerprint density at radius 1 is 1.08 bits per heavy atom. The summed E-state index contributed by atoms with van der Waals surface area (Å²) in [6.45, 7) is 5.62. The van der Waals surface area contributed by atoms with Gasteiger partial charge in [0.05, 0.1) is 28.5 Å². The van der Waals surface area contributed by atoms with Crippen molar-refractivity contribution < 1.29 is 4.79 Å². The number of rotatable bonds is 5. The first-order valence-corrected chi connectivity index (χ1v) is 11.4. The van der Waals surface area contributed by atoms with Crippen LogP contribution in [-0.4, -0.2) is 50.6 Å². The Morgan fingerprint density at radius 3 is 2.75 bits per heavy atom. The number of aromatic nitrogens is 9. The fourth-order valence-electron chi connectivity index (χ4n) is 3.96. The predicted octanol–water partition coefficient (Wildman–Crippen LogP) is 4.05. The second-order valence-corrected chi connectivity index (χ2v) is 8.84. The average Bonchev–Trinajstić information content (AvgIpc) is 3.61. The summed E-state index contributed by atoms with van der Waals surface area (Å²) in [6, 6.07) is 5.74. The normalized spacial score (nSPS) is 11.6. The van der Waals surface area contributed by atoms with Gasteiger partial charge in [-0.25, -0.2) is 19.9 Å². The molecule has 0 fully saturated rings. The number of pyridine rings is 3. The average molecular weight is 479 g/mol. The second kappa shape index (κ2) is 8.38. The number of nitrogens with zero attached hydrogens (tertiary/aromatic N) is 7. The third-order valence-corrected chi connectivity index (χ3v) is 5.85. The minimum absolute atomic E-state index is 0.0655. The molecule has 0 aliphatic carbocycles. The van der Waals surface area contributed by atoms with E-state index in [0.717, 1.165) is 33.2 Å². The minimum Gasteiger partial charge on any atom is -0.336 e. The Labute approximate surface area is 205 Å². The molecule has 1 amide bonds. The molecule has 0 bridgehead atoms. The number of nitrogens with one attached hydrogen (secondary N) is 3. The predicted molar refractivity (Wildman–Crippen MR) is 135 cm³/mol. The Bertz CT molecular complexity index is 1740. The van der Waals surface area contributed by atoms with E-state index in [1.54, 1.807) is 31.1 Å². The molecular formula is C25H22N10O. The number of H-pyrrole nitrogens is 2. The monoisotopic (exact) mass is 478 g/mol. The molecule has 11 nitrogen and oxygen atoms in total. The summed E-state index contributed by atoms with van der Waals surface area (Å²) in [7, 11) is 0. The van der Waals surface area contributed by atoms with Gasteiger partial charge in [-0.2, -0.15) is 5.10 Å². The Hall–Kier alpha value is -4.93. The van der Waals surface area contributed by atoms with Gasteiger partial charge in [0.15, 0.2) is 17.3 Å². The van der Waals surface area contributed by atoms with Crippen LogP contribution in [0.4, 0.5) is 5.69 Å². The van der Waals surface area contributed by atoms with E-state index >= 15 is 0 Å². The molecule has 6 aromatic heterocycles. The molecule has 0 unspecified atom stereocenters. The molecule has 0 saturated heterocycles. The zero-order chi connectivity index (χ0) is 24.8. The molecule has 0 saturated carbocycles. The summed E-state index contributed by atoms with van der Waals surface area (Å²) in [6.07, 6.45) is 10.5. The molecule has 11 heteroatoms. The van der Waals surface area contributed by atoms with Crippen LogP contribution in [0, 0.1) is 12.8 Å². The van der Waals surface area contributed by atoms with Crippen molar-refractivity contribution in [3.8, 4) is 28.5 Å². The van der Waals surface area contributed by atoms with Crippen molar-refractivity contribution in [1.29, 1.82) is 0 Å². The van der Waals surface area contributed by atoms with E-state index in [1.807, 2.05) is 49.7 Å². The lowest BCUT2D eigenvalue weighted by molar-refractivity contribution is -0.118. The molecule has 6 aromatic rings. The summed E-state index contributed by atoms with van der Waals surface area (Å²) < 4.78 is 1.85. The fourth-order valence-corrected chi connectivity index (χ4v) is 3.96. The molecule has 0 spiro atoms. The zero-order valence-corrected chi connectivity index (χ0v) is 19.8. The number of aromatic amines is 2. The number of aryl methyl sites for hydroxylation is 1. The highest BCUT2D eigenvalue weighted by atomic mass is 16.1. The van der Waals surface area contributed by atoms with Gasteiger partial charge in [-0.15, -0.1) is 0 Å². The molecule has 0 radical (unpaired) electrons. The number of carbonyl (C=O) groups is 1. The molecule has 0 aliphatic heterocycles. The number of anilines is 1. The van der Waals surface area contributed by atoms with Crippen LogP contribution in [-0.2, 0) is 4.79 Å². The van der Waals surface area contributed by atoms with Gasteiger partial charge < -0.3 is 10.3 Å². The Morgan fingerprint density at radius 2 is 1.94 bits per heavy atom. The highest BCUT2D eigenvalue weighted by molar-refractivity contribution is 5.95. The van der Waals surface area contributed by atoms with Gasteiger partial charge in [0, 0.05) is 41.8 Å². The van der Waals surface area contributed by atoms with Gasteiger partial charge in [-0.1, -0.05) is 13.8 Å². The lowest BCUT2D eigenvalue weighted by Crippen LogP contribution is -2.17. The van der Waals surface area contributed by atoms with E-state index in [9.17, 15) is 4.79 Å². The SMILES string of the molecule is Cc1cn(-c2nccc3[nH]c(-c4[nH]nc5ncc(-c6cncc(NC(=O)C(C)C)c6)cc45)nc23)cn1. The first-order chi connectivity index (χ1) is 17.5. The van der Waals surface area contributed by atoms with Crippen molar-refractivity contribution in [1.82, 2.24) is 44.7 Å². The fraction of sp³-hybridized carbons (Fsp3) is 0.160. The Kier molecular flexibility index (Phi) is 5.03. The van der Waals surface area contributed by atoms with Crippen LogP contribution in [0.25, 0.3) is 50.5 Å². The largest absolute Gasteiger partial charge is 0.336 e. The van der Waals surface area contributed by atoms with Crippen LogP contribution in [0.1, 0.15) is 19.5 Å². The number of amides is 1. The van der Waals surface area contributed by atoms with Gasteiger partial charge in [-0.05, 0) is 25.1 Å². The quantitative estimate of drug-likeness (QED) is 0.339. The van der Waals surface area contributed by atoms with Gasteiger partial charge in [0.1, 0.15) is 17.5 Å². The number of hydrogen-bond donors (Lipinski definition) is 3. The van der Waals surface area contributed by atoms with Crippen LogP contribution >= 0.6 is 0 Å². The van der Waals surface area contributed by atoms with Gasteiger partial charge in [-0.3, -0.25) is 19.4 Å². The van der Waals surface area contributed by atoms with E-state index < -0.39 is 0 Å². The van der Waals surface area contributed by atoms with E-state index in [4.69, 9.17) is 4.98 Å². The summed E-state index contributed by atoms with van der Waals surface area (Å²) in [4.78, 5) is 37.9. The first kappa shape index (κ1) is 21.6. The molecule has 36 heavy (non-hydrogen) atoms. The summed E-state index contributed by atoms with van der Waals surface area (Å²) in [5, 5.41) is 11.1. The van der Waals surface area contributed by atoms with Crippen LogP contribution < -0.4 is 5.32 Å². The molecule has 0 atom stereocenters. The topological polar surface area (TPSA) is 143 Å². The van der Waals surface area contributed by atoms with E-state index in [1.165, 1.54) is 0 Å². The number of imidazole rings is 2. The Balaban J connectivity index is 1.41. The van der Waals surface area contributed by atoms with Crippen molar-refractivity contribution in [2.24, 2.45) is 5.92 Å². The lowest BCUT2D eigenvalue weighted by Gasteiger charge is -2.09. The van der Waals surface area contributed by atoms with Gasteiger partial charge in [0.2, 0.25) is 5.91 Å². The second-order valence-electron chi connectivity index (χ2n) is 8.84. The highest BCUT2D eigenvalue weighted by Crippen LogP contribution is 2.30. The molecular weight excluding hydrogens is 456 g/mol. The summed E-state index contributed by atoms with van der Waals surface area (Å²) in [5.74, 6) is 1.11. The smallest absolute Gasteiger partial charge is 0.226 e. The highest BCUT2D eigenvalue weighted by Gasteiger charge is 2.17. The third-order valence-electron chi connectivity index (χ3n) is 5.85. The number of carbonyl (C=O) groups excluding carboxylic acids is 1. The van der Waals surface area contributed by atoms with Crippen LogP contribution in [0.15, 0.2) is 55.5 Å². The maximum atomic E-state index is 12.1. The van der Waals surface area contributed by atoms with Crippen LogP contribution in [0.3, 0.4) is 0 Å². The number of hydrogen-bond acceptors (Lipinski definition) is 7. The van der Waals surface area contributed by atoms with Crippen molar-refractivity contribution in [2.45, 2.75) is 20.8 Å². The van der Waals surface area contributed by atoms with E-state index in [2.05, 4.69) is 40.4 Å². The van der Waals surface area contributed by atoms with Crippen molar-refractivity contribution >= 4 is 33.7 Å². The maximum absolute atomic E-state index is 12.1.